The van der Waals surface area contributed by atoms with Crippen molar-refractivity contribution in [3.63, 3.8) is 0 Å². The van der Waals surface area contributed by atoms with Crippen LogP contribution in [-0.2, 0) is 0 Å². The molecule has 0 amide bonds. The predicted octanol–water partition coefficient (Wildman–Crippen LogP) is 3.43. The first-order valence-electron chi connectivity index (χ1n) is 6.68. The first kappa shape index (κ1) is 14.9. The Morgan fingerprint density at radius 3 is 2.65 bits per heavy atom. The van der Waals surface area contributed by atoms with Crippen molar-refractivity contribution in [3.8, 4) is 5.75 Å². The molecule has 108 valence electrons. The van der Waals surface area contributed by atoms with Gasteiger partial charge in [0, 0.05) is 11.8 Å². The average Bonchev–Trinajstić information content (AvgIpc) is 2.87. The van der Waals surface area contributed by atoms with E-state index in [0.29, 0.717) is 11.8 Å². The minimum absolute atomic E-state index is 0.253. The van der Waals surface area contributed by atoms with Gasteiger partial charge in [-0.1, -0.05) is 23.9 Å². The molecule has 2 aromatic rings. The highest BCUT2D eigenvalue weighted by Crippen LogP contribution is 2.25. The molecule has 1 N–H and O–H groups in total. The topological polar surface area (TPSA) is 47.3 Å². The monoisotopic (exact) mass is 292 g/mol. The molecular formula is C15H20N2O2S. The van der Waals surface area contributed by atoms with E-state index in [9.17, 15) is 0 Å². The van der Waals surface area contributed by atoms with Crippen LogP contribution >= 0.6 is 11.8 Å². The molecule has 1 aromatic heterocycles. The van der Waals surface area contributed by atoms with Gasteiger partial charge in [0.25, 0.3) is 5.22 Å². The third-order valence-electron chi connectivity index (χ3n) is 2.91. The lowest BCUT2D eigenvalue weighted by molar-refractivity contribution is 0.340. The van der Waals surface area contributed by atoms with Crippen LogP contribution < -0.4 is 10.1 Å². The number of oxazole rings is 1. The van der Waals surface area contributed by atoms with Gasteiger partial charge in [-0.15, -0.1) is 0 Å². The van der Waals surface area contributed by atoms with Crippen molar-refractivity contribution in [1.82, 2.24) is 10.3 Å². The zero-order valence-corrected chi connectivity index (χ0v) is 12.9. The molecule has 0 saturated carbocycles. The zero-order valence-electron chi connectivity index (χ0n) is 12.1. The van der Waals surface area contributed by atoms with E-state index in [4.69, 9.17) is 9.15 Å². The number of hydrogen-bond donors (Lipinski definition) is 1. The van der Waals surface area contributed by atoms with Gasteiger partial charge in [0.15, 0.2) is 0 Å². The van der Waals surface area contributed by atoms with Gasteiger partial charge in [0.05, 0.1) is 12.3 Å². The largest absolute Gasteiger partial charge is 0.494 e. The van der Waals surface area contributed by atoms with E-state index in [1.165, 1.54) is 5.56 Å². The van der Waals surface area contributed by atoms with Gasteiger partial charge >= 0.3 is 0 Å². The normalized spacial score (nSPS) is 12.3. The maximum atomic E-state index is 5.46. The number of thioether (sulfide) groups is 1. The van der Waals surface area contributed by atoms with Gasteiger partial charge in [-0.25, -0.2) is 4.98 Å². The lowest BCUT2D eigenvalue weighted by Gasteiger charge is -2.15. The fraction of sp³-hybridized carbons (Fsp3) is 0.400. The first-order valence-corrected chi connectivity index (χ1v) is 7.66. The van der Waals surface area contributed by atoms with E-state index < -0.39 is 0 Å². The highest BCUT2D eigenvalue weighted by molar-refractivity contribution is 7.99. The van der Waals surface area contributed by atoms with E-state index >= 15 is 0 Å². The minimum atomic E-state index is 0.253. The molecule has 0 bridgehead atoms. The number of rotatable bonds is 7. The van der Waals surface area contributed by atoms with Gasteiger partial charge in [0.1, 0.15) is 12.0 Å². The molecule has 0 aliphatic rings. The van der Waals surface area contributed by atoms with E-state index in [2.05, 4.69) is 22.4 Å². The van der Waals surface area contributed by atoms with Crippen molar-refractivity contribution in [2.45, 2.75) is 25.1 Å². The van der Waals surface area contributed by atoms with Crippen molar-refractivity contribution >= 4 is 11.8 Å². The van der Waals surface area contributed by atoms with E-state index in [1.807, 2.05) is 33.0 Å². The molecule has 2 rings (SSSR count). The summed E-state index contributed by atoms with van der Waals surface area (Å²) >= 11 is 1.61. The van der Waals surface area contributed by atoms with E-state index in [-0.39, 0.29) is 6.04 Å². The van der Waals surface area contributed by atoms with Crippen molar-refractivity contribution in [1.29, 1.82) is 0 Å². The number of hydrogen-bond acceptors (Lipinski definition) is 5. The highest BCUT2D eigenvalue weighted by Gasteiger charge is 2.12. The first-order chi connectivity index (χ1) is 9.72. The Hall–Kier alpha value is -1.46. The minimum Gasteiger partial charge on any atom is -0.494 e. The van der Waals surface area contributed by atoms with Crippen molar-refractivity contribution in [3.05, 3.63) is 41.8 Å². The van der Waals surface area contributed by atoms with Crippen molar-refractivity contribution in [2.75, 3.05) is 19.4 Å². The SMILES string of the molecule is CCOc1ccc(C(CSc2nc(C)co2)NC)cc1. The number of aryl methyl sites for hydroxylation is 1. The maximum Gasteiger partial charge on any atom is 0.255 e. The predicted molar refractivity (Wildman–Crippen MR) is 81.4 cm³/mol. The fourth-order valence-corrected chi connectivity index (χ4v) is 2.86. The summed E-state index contributed by atoms with van der Waals surface area (Å²) in [5, 5.41) is 4.03. The Balaban J connectivity index is 1.96. The quantitative estimate of drug-likeness (QED) is 0.792. The Bertz CT molecular complexity index is 525. The summed E-state index contributed by atoms with van der Waals surface area (Å²) in [6.45, 7) is 4.60. The highest BCUT2D eigenvalue weighted by atomic mass is 32.2. The Morgan fingerprint density at radius 1 is 1.35 bits per heavy atom. The van der Waals surface area contributed by atoms with E-state index in [0.717, 1.165) is 17.2 Å². The van der Waals surface area contributed by atoms with Crippen LogP contribution in [0.25, 0.3) is 0 Å². The van der Waals surface area contributed by atoms with Gasteiger partial charge in [0.2, 0.25) is 0 Å². The molecule has 0 fully saturated rings. The summed E-state index contributed by atoms with van der Waals surface area (Å²) in [6.07, 6.45) is 1.67. The third-order valence-corrected chi connectivity index (χ3v) is 3.85. The summed E-state index contributed by atoms with van der Waals surface area (Å²) in [5.41, 5.74) is 2.14. The van der Waals surface area contributed by atoms with Crippen LogP contribution in [0.5, 0.6) is 5.75 Å². The molecule has 0 aliphatic carbocycles. The summed E-state index contributed by atoms with van der Waals surface area (Å²) in [4.78, 5) is 4.30. The molecule has 1 aromatic carbocycles. The molecule has 20 heavy (non-hydrogen) atoms. The van der Waals surface area contributed by atoms with E-state index in [1.54, 1.807) is 18.0 Å². The van der Waals surface area contributed by atoms with Crippen molar-refractivity contribution in [2.24, 2.45) is 0 Å². The van der Waals surface area contributed by atoms with Crippen LogP contribution in [0.3, 0.4) is 0 Å². The molecule has 5 heteroatoms. The summed E-state index contributed by atoms with van der Waals surface area (Å²) in [7, 11) is 1.96. The smallest absolute Gasteiger partial charge is 0.255 e. The van der Waals surface area contributed by atoms with Gasteiger partial charge in [-0.3, -0.25) is 0 Å². The fourth-order valence-electron chi connectivity index (χ4n) is 1.86. The number of ether oxygens (including phenoxy) is 1. The van der Waals surface area contributed by atoms with Crippen LogP contribution in [0.4, 0.5) is 0 Å². The van der Waals surface area contributed by atoms with Crippen LogP contribution in [0.1, 0.15) is 24.2 Å². The molecule has 1 atom stereocenters. The van der Waals surface area contributed by atoms with Crippen LogP contribution in [0.15, 0.2) is 40.2 Å². The molecule has 1 heterocycles. The van der Waals surface area contributed by atoms with Gasteiger partial charge in [-0.05, 0) is 38.6 Å². The molecule has 0 spiro atoms. The van der Waals surface area contributed by atoms with Gasteiger partial charge in [-0.2, -0.15) is 0 Å². The van der Waals surface area contributed by atoms with Crippen LogP contribution in [0, 0.1) is 6.92 Å². The average molecular weight is 292 g/mol. The lowest BCUT2D eigenvalue weighted by atomic mass is 10.1. The van der Waals surface area contributed by atoms with Crippen molar-refractivity contribution < 1.29 is 9.15 Å². The number of benzene rings is 1. The molecule has 0 aliphatic heterocycles. The second-order valence-electron chi connectivity index (χ2n) is 4.41. The number of nitrogens with one attached hydrogen (secondary N) is 1. The molecule has 4 nitrogen and oxygen atoms in total. The zero-order chi connectivity index (χ0) is 14.4. The molecule has 0 saturated heterocycles. The Morgan fingerprint density at radius 2 is 2.10 bits per heavy atom. The lowest BCUT2D eigenvalue weighted by Crippen LogP contribution is -2.18. The van der Waals surface area contributed by atoms with Gasteiger partial charge < -0.3 is 14.5 Å². The molecule has 1 unspecified atom stereocenters. The second kappa shape index (κ2) is 7.36. The van der Waals surface area contributed by atoms with Crippen LogP contribution in [0.2, 0.25) is 0 Å². The molecular weight excluding hydrogens is 272 g/mol. The number of nitrogens with zero attached hydrogens (tertiary/aromatic N) is 1. The molecule has 0 radical (unpaired) electrons. The maximum absolute atomic E-state index is 5.46. The number of aromatic nitrogens is 1. The van der Waals surface area contributed by atoms with Crippen LogP contribution in [-0.4, -0.2) is 24.4 Å². The Labute approximate surface area is 123 Å². The standard InChI is InChI=1S/C15H20N2O2S/c1-4-18-13-7-5-12(6-8-13)14(16-3)10-20-15-17-11(2)9-19-15/h5-9,14,16H,4,10H2,1-3H3. The third kappa shape index (κ3) is 4.02. The Kier molecular flexibility index (Phi) is 5.49. The summed E-state index contributed by atoms with van der Waals surface area (Å²) in [6, 6.07) is 8.44. The summed E-state index contributed by atoms with van der Waals surface area (Å²) in [5.74, 6) is 1.77. The summed E-state index contributed by atoms with van der Waals surface area (Å²) < 4.78 is 10.8. The second-order valence-corrected chi connectivity index (χ2v) is 5.38.